The molecule has 27 heavy (non-hydrogen) atoms. The van der Waals surface area contributed by atoms with Gasteiger partial charge in [-0.25, -0.2) is 8.42 Å². The standard InChI is InChI=1S/C19H21N3O4S/c23-19(11-10-16-7-5-13-26-16)21-15-6-4-8-17(14-15)27(24,25)22-18-9-2-1-3-12-20-18/h4-8,10-11,13-14H,1-3,9,12H2,(H,20,22)(H,21,23)/b11-10+. The molecule has 1 aliphatic rings. The summed E-state index contributed by atoms with van der Waals surface area (Å²) in [4.78, 5) is 16.4. The summed E-state index contributed by atoms with van der Waals surface area (Å²) in [7, 11) is -3.75. The number of furan rings is 1. The van der Waals surface area contributed by atoms with Crippen LogP contribution in [0.1, 0.15) is 31.4 Å². The van der Waals surface area contributed by atoms with E-state index in [1.807, 2.05) is 0 Å². The fourth-order valence-electron chi connectivity index (χ4n) is 2.64. The summed E-state index contributed by atoms with van der Waals surface area (Å²) in [5.41, 5.74) is 0.384. The van der Waals surface area contributed by atoms with Crippen LogP contribution in [-0.4, -0.2) is 26.7 Å². The van der Waals surface area contributed by atoms with Crippen LogP contribution in [0.3, 0.4) is 0 Å². The smallest absolute Gasteiger partial charge is 0.262 e. The molecule has 0 saturated heterocycles. The van der Waals surface area contributed by atoms with E-state index in [1.54, 1.807) is 24.3 Å². The first kappa shape index (κ1) is 18.9. The molecular weight excluding hydrogens is 366 g/mol. The molecule has 3 rings (SSSR count). The van der Waals surface area contributed by atoms with Crippen LogP contribution in [0.4, 0.5) is 5.69 Å². The van der Waals surface area contributed by atoms with Gasteiger partial charge in [0, 0.05) is 24.7 Å². The molecule has 1 aromatic heterocycles. The van der Waals surface area contributed by atoms with E-state index in [4.69, 9.17) is 4.42 Å². The van der Waals surface area contributed by atoms with E-state index in [2.05, 4.69) is 15.0 Å². The monoisotopic (exact) mass is 387 g/mol. The largest absolute Gasteiger partial charge is 0.465 e. The number of anilines is 1. The van der Waals surface area contributed by atoms with Crippen LogP contribution >= 0.6 is 0 Å². The van der Waals surface area contributed by atoms with Crippen LogP contribution in [0.15, 0.2) is 63.0 Å². The quantitative estimate of drug-likeness (QED) is 0.770. The van der Waals surface area contributed by atoms with Gasteiger partial charge in [0.05, 0.1) is 11.2 Å². The van der Waals surface area contributed by atoms with Gasteiger partial charge in [0.15, 0.2) is 0 Å². The molecule has 8 heteroatoms. The van der Waals surface area contributed by atoms with Crippen molar-refractivity contribution in [3.8, 4) is 0 Å². The number of amidine groups is 1. The Morgan fingerprint density at radius 3 is 2.85 bits per heavy atom. The van der Waals surface area contributed by atoms with Crippen molar-refractivity contribution in [2.24, 2.45) is 4.99 Å². The van der Waals surface area contributed by atoms with Gasteiger partial charge in [-0.2, -0.15) is 0 Å². The lowest BCUT2D eigenvalue weighted by molar-refractivity contribution is -0.111. The minimum atomic E-state index is -3.75. The Bertz CT molecular complexity index is 947. The normalized spacial score (nSPS) is 15.2. The molecule has 1 amide bonds. The van der Waals surface area contributed by atoms with Crippen LogP contribution in [-0.2, 0) is 14.8 Å². The SMILES string of the molecule is O=C(/C=C/c1ccco1)Nc1cccc(S(=O)(=O)NC2=NCCCCC2)c1. The molecule has 0 unspecified atom stereocenters. The minimum absolute atomic E-state index is 0.0715. The molecule has 0 atom stereocenters. The first-order chi connectivity index (χ1) is 13.0. The summed E-state index contributed by atoms with van der Waals surface area (Å²) in [6.07, 6.45) is 7.91. The van der Waals surface area contributed by atoms with Gasteiger partial charge in [-0.15, -0.1) is 0 Å². The number of benzene rings is 1. The van der Waals surface area contributed by atoms with Crippen molar-refractivity contribution in [3.05, 3.63) is 54.5 Å². The number of hydrogen-bond donors (Lipinski definition) is 2. The maximum atomic E-state index is 12.6. The number of nitrogens with one attached hydrogen (secondary N) is 2. The third kappa shape index (κ3) is 5.55. The van der Waals surface area contributed by atoms with Gasteiger partial charge in [0.2, 0.25) is 5.91 Å². The van der Waals surface area contributed by atoms with Gasteiger partial charge < -0.3 is 9.73 Å². The third-order valence-electron chi connectivity index (χ3n) is 3.98. The number of aliphatic imine (C=N–C) groups is 1. The highest BCUT2D eigenvalue weighted by Crippen LogP contribution is 2.17. The molecule has 1 aliphatic heterocycles. The van der Waals surface area contributed by atoms with Crippen molar-refractivity contribution in [3.63, 3.8) is 0 Å². The van der Waals surface area contributed by atoms with Crippen molar-refractivity contribution in [2.45, 2.75) is 30.6 Å². The molecule has 2 heterocycles. The maximum absolute atomic E-state index is 12.6. The summed E-state index contributed by atoms with van der Waals surface area (Å²) in [5.74, 6) is 0.653. The third-order valence-corrected chi connectivity index (χ3v) is 5.36. The van der Waals surface area contributed by atoms with Crippen LogP contribution in [0.5, 0.6) is 0 Å². The minimum Gasteiger partial charge on any atom is -0.465 e. The summed E-state index contributed by atoms with van der Waals surface area (Å²) in [5, 5.41) is 2.64. The fourth-order valence-corrected chi connectivity index (χ4v) is 3.77. The van der Waals surface area contributed by atoms with Crippen molar-refractivity contribution in [1.82, 2.24) is 4.72 Å². The lowest BCUT2D eigenvalue weighted by Gasteiger charge is -2.11. The lowest BCUT2D eigenvalue weighted by atomic mass is 10.2. The first-order valence-corrected chi connectivity index (χ1v) is 10.2. The van der Waals surface area contributed by atoms with E-state index in [0.29, 0.717) is 30.2 Å². The second-order valence-corrected chi connectivity index (χ2v) is 7.79. The molecule has 0 saturated carbocycles. The van der Waals surface area contributed by atoms with Gasteiger partial charge in [-0.05, 0) is 49.2 Å². The molecule has 1 aromatic carbocycles. The van der Waals surface area contributed by atoms with Gasteiger partial charge in [-0.1, -0.05) is 12.5 Å². The summed E-state index contributed by atoms with van der Waals surface area (Å²) in [6, 6.07) is 9.54. The van der Waals surface area contributed by atoms with E-state index in [-0.39, 0.29) is 10.8 Å². The van der Waals surface area contributed by atoms with E-state index >= 15 is 0 Å². The van der Waals surface area contributed by atoms with Crippen LogP contribution in [0.25, 0.3) is 6.08 Å². The van der Waals surface area contributed by atoms with Crippen LogP contribution < -0.4 is 10.0 Å². The highest BCUT2D eigenvalue weighted by atomic mass is 32.2. The topological polar surface area (TPSA) is 101 Å². The summed E-state index contributed by atoms with van der Waals surface area (Å²) >= 11 is 0. The fraction of sp³-hybridized carbons (Fsp3) is 0.263. The zero-order chi connectivity index (χ0) is 19.1. The maximum Gasteiger partial charge on any atom is 0.262 e. The molecule has 0 bridgehead atoms. The van der Waals surface area contributed by atoms with Crippen LogP contribution in [0, 0.1) is 0 Å². The Hall–Kier alpha value is -2.87. The number of nitrogens with zero attached hydrogens (tertiary/aromatic N) is 1. The molecule has 0 spiro atoms. The Kier molecular flexibility index (Phi) is 6.08. The summed E-state index contributed by atoms with van der Waals surface area (Å²) in [6.45, 7) is 0.635. The first-order valence-electron chi connectivity index (χ1n) is 8.72. The van der Waals surface area contributed by atoms with E-state index in [0.717, 1.165) is 19.3 Å². The average molecular weight is 387 g/mol. The zero-order valence-electron chi connectivity index (χ0n) is 14.7. The number of sulfonamides is 1. The predicted molar refractivity (Wildman–Crippen MR) is 104 cm³/mol. The molecule has 7 nitrogen and oxygen atoms in total. The van der Waals surface area contributed by atoms with Crippen LogP contribution in [0.2, 0.25) is 0 Å². The molecule has 2 aromatic rings. The highest BCUT2D eigenvalue weighted by molar-refractivity contribution is 7.90. The highest BCUT2D eigenvalue weighted by Gasteiger charge is 2.17. The van der Waals surface area contributed by atoms with Gasteiger partial charge in [0.1, 0.15) is 11.6 Å². The zero-order valence-corrected chi connectivity index (χ0v) is 15.5. The Labute approximate surface area is 158 Å². The van der Waals surface area contributed by atoms with Crippen molar-refractivity contribution >= 4 is 33.5 Å². The second-order valence-electron chi connectivity index (χ2n) is 6.11. The number of rotatable bonds is 5. The van der Waals surface area contributed by atoms with E-state index in [9.17, 15) is 13.2 Å². The van der Waals surface area contributed by atoms with Gasteiger partial charge in [0.25, 0.3) is 10.0 Å². The number of hydrogen-bond acceptors (Lipinski definition) is 5. The Morgan fingerprint density at radius 2 is 2.04 bits per heavy atom. The van der Waals surface area contributed by atoms with Crippen molar-refractivity contribution in [2.75, 3.05) is 11.9 Å². The second kappa shape index (κ2) is 8.68. The van der Waals surface area contributed by atoms with Crippen molar-refractivity contribution in [1.29, 1.82) is 0 Å². The predicted octanol–water partition coefficient (Wildman–Crippen LogP) is 3.18. The Morgan fingerprint density at radius 1 is 1.15 bits per heavy atom. The average Bonchev–Trinajstić information content (AvgIpc) is 3.04. The van der Waals surface area contributed by atoms with E-state index in [1.165, 1.54) is 30.5 Å². The van der Waals surface area contributed by atoms with Gasteiger partial charge >= 0.3 is 0 Å². The number of carbonyl (C=O) groups is 1. The Balaban J connectivity index is 1.68. The lowest BCUT2D eigenvalue weighted by Crippen LogP contribution is -2.30. The molecule has 0 radical (unpaired) electrons. The number of carbonyl (C=O) groups excluding carboxylic acids is 1. The van der Waals surface area contributed by atoms with E-state index < -0.39 is 10.0 Å². The molecule has 0 fully saturated rings. The molecule has 2 N–H and O–H groups in total. The molecule has 142 valence electrons. The van der Waals surface area contributed by atoms with Gasteiger partial charge in [-0.3, -0.25) is 14.5 Å². The molecule has 0 aliphatic carbocycles. The summed E-state index contributed by atoms with van der Waals surface area (Å²) < 4.78 is 32.9. The molecular formula is C19H21N3O4S. The number of amides is 1. The van der Waals surface area contributed by atoms with Crippen molar-refractivity contribution < 1.29 is 17.6 Å².